The van der Waals surface area contributed by atoms with Crippen LogP contribution < -0.4 is 10.2 Å². The third-order valence-electron chi connectivity index (χ3n) is 4.98. The maximum Gasteiger partial charge on any atom is 0.225 e. The third-order valence-corrected chi connectivity index (χ3v) is 4.98. The number of aliphatic hydroxyl groups excluding tert-OH is 1. The second kappa shape index (κ2) is 6.48. The van der Waals surface area contributed by atoms with Crippen LogP contribution in [0.1, 0.15) is 25.3 Å². The Morgan fingerprint density at radius 3 is 2.41 bits per heavy atom. The first kappa shape index (κ1) is 15.6. The maximum atomic E-state index is 9.61. The van der Waals surface area contributed by atoms with E-state index < -0.39 is 0 Å². The number of hydrogen-bond donors (Lipinski definition) is 2. The first-order chi connectivity index (χ1) is 10.6. The molecule has 1 saturated heterocycles. The van der Waals surface area contributed by atoms with E-state index in [1.54, 1.807) is 0 Å². The Bertz CT molecular complexity index is 482. The molecule has 3 rings (SSSR count). The van der Waals surface area contributed by atoms with Crippen LogP contribution >= 0.6 is 0 Å². The standard InChI is InChI=1S/C16H27N5O/c1-16(12-22,14-3-4-14)19-11-13-9-17-15(18-10-13)21-7-5-20(2)6-8-21/h9-10,14,19,22H,3-8,11-12H2,1-2H3. The van der Waals surface area contributed by atoms with Gasteiger partial charge >= 0.3 is 0 Å². The zero-order chi connectivity index (χ0) is 15.6. The van der Waals surface area contributed by atoms with Crippen LogP contribution in [0.2, 0.25) is 0 Å². The van der Waals surface area contributed by atoms with Crippen LogP contribution in [0, 0.1) is 5.92 Å². The smallest absolute Gasteiger partial charge is 0.225 e. The Morgan fingerprint density at radius 1 is 1.23 bits per heavy atom. The molecule has 2 fully saturated rings. The van der Waals surface area contributed by atoms with Crippen molar-refractivity contribution in [2.45, 2.75) is 31.8 Å². The van der Waals surface area contributed by atoms with E-state index in [1.807, 2.05) is 12.4 Å². The quantitative estimate of drug-likeness (QED) is 0.797. The number of rotatable bonds is 6. The topological polar surface area (TPSA) is 64.5 Å². The van der Waals surface area contributed by atoms with Gasteiger partial charge < -0.3 is 20.2 Å². The first-order valence-electron chi connectivity index (χ1n) is 8.21. The number of nitrogens with zero attached hydrogens (tertiary/aromatic N) is 4. The Morgan fingerprint density at radius 2 is 1.86 bits per heavy atom. The fourth-order valence-corrected chi connectivity index (χ4v) is 2.96. The Balaban J connectivity index is 1.55. The summed E-state index contributed by atoms with van der Waals surface area (Å²) in [5.74, 6) is 1.42. The summed E-state index contributed by atoms with van der Waals surface area (Å²) in [5, 5.41) is 13.1. The summed E-state index contributed by atoms with van der Waals surface area (Å²) in [7, 11) is 2.14. The molecule has 6 heteroatoms. The van der Waals surface area contributed by atoms with Crippen molar-refractivity contribution in [1.82, 2.24) is 20.2 Å². The molecule has 6 nitrogen and oxygen atoms in total. The summed E-state index contributed by atoms with van der Waals surface area (Å²) in [6.45, 7) is 7.07. The zero-order valence-corrected chi connectivity index (χ0v) is 13.6. The molecule has 1 unspecified atom stereocenters. The molecule has 1 atom stereocenters. The SMILES string of the molecule is CN1CCN(c2ncc(CNC(C)(CO)C3CC3)cn2)CC1. The molecule has 2 heterocycles. The lowest BCUT2D eigenvalue weighted by Gasteiger charge is -2.32. The predicted molar refractivity (Wildman–Crippen MR) is 86.8 cm³/mol. The van der Waals surface area contributed by atoms with Crippen LogP contribution in [0.25, 0.3) is 0 Å². The lowest BCUT2D eigenvalue weighted by atomic mass is 9.97. The summed E-state index contributed by atoms with van der Waals surface area (Å²) in [4.78, 5) is 13.6. The number of aromatic nitrogens is 2. The van der Waals surface area contributed by atoms with E-state index in [-0.39, 0.29) is 12.1 Å². The Hall–Kier alpha value is -1.24. The number of aliphatic hydroxyl groups is 1. The number of likely N-dealkylation sites (N-methyl/N-ethyl adjacent to an activating group) is 1. The van der Waals surface area contributed by atoms with Crippen molar-refractivity contribution < 1.29 is 5.11 Å². The Kier molecular flexibility index (Phi) is 4.61. The molecule has 0 radical (unpaired) electrons. The van der Waals surface area contributed by atoms with Crippen LogP contribution in [0.4, 0.5) is 5.95 Å². The van der Waals surface area contributed by atoms with Crippen molar-refractivity contribution in [2.75, 3.05) is 44.7 Å². The van der Waals surface area contributed by atoms with Crippen LogP contribution in [0.5, 0.6) is 0 Å². The lowest BCUT2D eigenvalue weighted by molar-refractivity contribution is 0.153. The first-order valence-corrected chi connectivity index (χ1v) is 8.21. The average Bonchev–Trinajstić information content (AvgIpc) is 3.39. The van der Waals surface area contributed by atoms with Crippen molar-refractivity contribution in [1.29, 1.82) is 0 Å². The van der Waals surface area contributed by atoms with E-state index >= 15 is 0 Å². The molecule has 0 bridgehead atoms. The van der Waals surface area contributed by atoms with Gasteiger partial charge in [-0.1, -0.05) is 0 Å². The molecule has 1 aromatic rings. The minimum absolute atomic E-state index is 0.171. The molecule has 1 aliphatic carbocycles. The van der Waals surface area contributed by atoms with Crippen LogP contribution in [0.15, 0.2) is 12.4 Å². The largest absolute Gasteiger partial charge is 0.394 e. The van der Waals surface area contributed by atoms with Crippen molar-refractivity contribution in [3.05, 3.63) is 18.0 Å². The van der Waals surface area contributed by atoms with Gasteiger partial charge in [0.1, 0.15) is 0 Å². The van der Waals surface area contributed by atoms with Gasteiger partial charge in [-0.05, 0) is 32.7 Å². The van der Waals surface area contributed by atoms with Gasteiger partial charge in [-0.2, -0.15) is 0 Å². The average molecular weight is 305 g/mol. The summed E-state index contributed by atoms with van der Waals surface area (Å²) in [6, 6.07) is 0. The van der Waals surface area contributed by atoms with Crippen molar-refractivity contribution >= 4 is 5.95 Å². The third kappa shape index (κ3) is 3.56. The highest BCUT2D eigenvalue weighted by atomic mass is 16.3. The van der Waals surface area contributed by atoms with E-state index in [2.05, 4.69) is 39.1 Å². The highest BCUT2D eigenvalue weighted by Crippen LogP contribution is 2.39. The molecular weight excluding hydrogens is 278 g/mol. The second-order valence-electron chi connectivity index (χ2n) is 6.89. The molecule has 2 aliphatic rings. The van der Waals surface area contributed by atoms with Gasteiger partial charge in [0.25, 0.3) is 0 Å². The van der Waals surface area contributed by atoms with E-state index in [0.29, 0.717) is 12.5 Å². The van der Waals surface area contributed by atoms with Gasteiger partial charge in [0, 0.05) is 56.2 Å². The summed E-state index contributed by atoms with van der Waals surface area (Å²) in [5.41, 5.74) is 0.897. The lowest BCUT2D eigenvalue weighted by Crippen LogP contribution is -2.47. The number of hydrogen-bond acceptors (Lipinski definition) is 6. The van der Waals surface area contributed by atoms with Gasteiger partial charge in [-0.3, -0.25) is 0 Å². The van der Waals surface area contributed by atoms with Gasteiger partial charge in [-0.15, -0.1) is 0 Å². The van der Waals surface area contributed by atoms with E-state index in [0.717, 1.165) is 37.7 Å². The van der Waals surface area contributed by atoms with Gasteiger partial charge in [0.15, 0.2) is 0 Å². The maximum absolute atomic E-state index is 9.61. The molecule has 22 heavy (non-hydrogen) atoms. The molecule has 122 valence electrons. The summed E-state index contributed by atoms with van der Waals surface area (Å²) < 4.78 is 0. The molecule has 2 N–H and O–H groups in total. The van der Waals surface area contributed by atoms with Gasteiger partial charge in [-0.25, -0.2) is 9.97 Å². The number of anilines is 1. The summed E-state index contributed by atoms with van der Waals surface area (Å²) in [6.07, 6.45) is 6.22. The summed E-state index contributed by atoms with van der Waals surface area (Å²) >= 11 is 0. The fraction of sp³-hybridized carbons (Fsp3) is 0.750. The molecule has 0 aromatic carbocycles. The second-order valence-corrected chi connectivity index (χ2v) is 6.89. The molecule has 1 aliphatic heterocycles. The molecular formula is C16H27N5O. The molecule has 0 spiro atoms. The fourth-order valence-electron chi connectivity index (χ4n) is 2.96. The van der Waals surface area contributed by atoms with Crippen molar-refractivity contribution in [3.63, 3.8) is 0 Å². The van der Waals surface area contributed by atoms with Crippen molar-refractivity contribution in [3.8, 4) is 0 Å². The Labute approximate surface area is 132 Å². The van der Waals surface area contributed by atoms with Crippen LogP contribution in [0.3, 0.4) is 0 Å². The zero-order valence-electron chi connectivity index (χ0n) is 13.6. The monoisotopic (exact) mass is 305 g/mol. The van der Waals surface area contributed by atoms with Crippen molar-refractivity contribution in [2.24, 2.45) is 5.92 Å². The minimum atomic E-state index is -0.171. The predicted octanol–water partition coefficient (Wildman–Crippen LogP) is 0.479. The highest BCUT2D eigenvalue weighted by Gasteiger charge is 2.40. The number of nitrogens with one attached hydrogen (secondary N) is 1. The van der Waals surface area contributed by atoms with E-state index in [1.165, 1.54) is 12.8 Å². The molecule has 0 amide bonds. The highest BCUT2D eigenvalue weighted by molar-refractivity contribution is 5.30. The molecule has 1 saturated carbocycles. The van der Waals surface area contributed by atoms with E-state index in [9.17, 15) is 5.11 Å². The minimum Gasteiger partial charge on any atom is -0.394 e. The van der Waals surface area contributed by atoms with Gasteiger partial charge in [0.05, 0.1) is 6.61 Å². The van der Waals surface area contributed by atoms with Crippen LogP contribution in [-0.2, 0) is 6.54 Å². The normalized spacial score (nSPS) is 22.6. The van der Waals surface area contributed by atoms with Crippen LogP contribution in [-0.4, -0.2) is 65.3 Å². The molecule has 1 aromatic heterocycles. The van der Waals surface area contributed by atoms with E-state index in [4.69, 9.17) is 0 Å². The van der Waals surface area contributed by atoms with Gasteiger partial charge in [0.2, 0.25) is 5.95 Å². The number of piperazine rings is 1.